The molecule has 0 aliphatic carbocycles. The van der Waals surface area contributed by atoms with Gasteiger partial charge in [-0.3, -0.25) is 0 Å². The highest BCUT2D eigenvalue weighted by atomic mass is 16.5. The van der Waals surface area contributed by atoms with E-state index in [2.05, 4.69) is 4.90 Å². The topological polar surface area (TPSA) is 67.0 Å². The standard InChI is InChI=1S/C20H21N3O3/c1-22(2)10-5-12-26-20(24)19-16-8-7-15(25-13-9-21)14-18(16)23-11-4-3-6-17(19)23/h3-4,6-8,11,14H,5,10,12-13H2,1-2H3. The van der Waals surface area contributed by atoms with Gasteiger partial charge in [0.15, 0.2) is 6.61 Å². The highest BCUT2D eigenvalue weighted by Gasteiger charge is 2.19. The number of nitriles is 1. The van der Waals surface area contributed by atoms with E-state index in [0.29, 0.717) is 17.9 Å². The molecule has 0 saturated heterocycles. The molecule has 2 aromatic heterocycles. The number of hydrogen-bond acceptors (Lipinski definition) is 5. The molecule has 0 aliphatic heterocycles. The van der Waals surface area contributed by atoms with Crippen molar-refractivity contribution >= 4 is 22.4 Å². The molecule has 3 aromatic rings. The lowest BCUT2D eigenvalue weighted by Gasteiger charge is -2.09. The van der Waals surface area contributed by atoms with Gasteiger partial charge in [0, 0.05) is 24.2 Å². The number of ether oxygens (including phenoxy) is 2. The van der Waals surface area contributed by atoms with E-state index in [1.807, 2.05) is 61.1 Å². The van der Waals surface area contributed by atoms with Crippen molar-refractivity contribution in [2.75, 3.05) is 33.9 Å². The quantitative estimate of drug-likeness (QED) is 0.483. The van der Waals surface area contributed by atoms with Crippen molar-refractivity contribution in [3.63, 3.8) is 0 Å². The lowest BCUT2D eigenvalue weighted by atomic mass is 10.1. The molecule has 0 radical (unpaired) electrons. The van der Waals surface area contributed by atoms with E-state index in [9.17, 15) is 4.79 Å². The van der Waals surface area contributed by atoms with Crippen LogP contribution in [0, 0.1) is 11.3 Å². The zero-order chi connectivity index (χ0) is 18.5. The summed E-state index contributed by atoms with van der Waals surface area (Å²) < 4.78 is 12.8. The summed E-state index contributed by atoms with van der Waals surface area (Å²) in [6.45, 7) is 1.23. The SMILES string of the molecule is CN(C)CCCOC(=O)c1c2ccc(OCC#N)cc2n2ccccc12. The van der Waals surface area contributed by atoms with Crippen molar-refractivity contribution in [3.05, 3.63) is 48.2 Å². The molecule has 0 atom stereocenters. The van der Waals surface area contributed by atoms with Gasteiger partial charge in [-0.25, -0.2) is 4.79 Å². The number of carbonyl (C=O) groups excluding carboxylic acids is 1. The van der Waals surface area contributed by atoms with Crippen molar-refractivity contribution in [2.45, 2.75) is 6.42 Å². The number of hydrogen-bond donors (Lipinski definition) is 0. The largest absolute Gasteiger partial charge is 0.479 e. The third kappa shape index (κ3) is 3.63. The Morgan fingerprint density at radius 3 is 2.85 bits per heavy atom. The van der Waals surface area contributed by atoms with E-state index >= 15 is 0 Å². The minimum atomic E-state index is -0.326. The first-order valence-corrected chi connectivity index (χ1v) is 8.46. The van der Waals surface area contributed by atoms with Crippen LogP contribution in [0.25, 0.3) is 16.4 Å². The van der Waals surface area contributed by atoms with Crippen molar-refractivity contribution in [3.8, 4) is 11.8 Å². The van der Waals surface area contributed by atoms with E-state index < -0.39 is 0 Å². The second-order valence-electron chi connectivity index (χ2n) is 6.25. The average Bonchev–Trinajstić information content (AvgIpc) is 2.97. The molecule has 0 bridgehead atoms. The summed E-state index contributed by atoms with van der Waals surface area (Å²) in [5.41, 5.74) is 2.19. The van der Waals surface area contributed by atoms with Gasteiger partial charge in [0.2, 0.25) is 0 Å². The fourth-order valence-corrected chi connectivity index (χ4v) is 2.95. The summed E-state index contributed by atoms with van der Waals surface area (Å²) >= 11 is 0. The van der Waals surface area contributed by atoms with E-state index in [1.54, 1.807) is 6.07 Å². The molecule has 2 heterocycles. The van der Waals surface area contributed by atoms with Gasteiger partial charge in [0.05, 0.1) is 23.2 Å². The van der Waals surface area contributed by atoms with Crippen LogP contribution < -0.4 is 4.74 Å². The number of nitrogens with zero attached hydrogens (tertiary/aromatic N) is 3. The third-order valence-electron chi connectivity index (χ3n) is 4.10. The maximum Gasteiger partial charge on any atom is 0.340 e. The number of benzene rings is 1. The molecular weight excluding hydrogens is 330 g/mol. The van der Waals surface area contributed by atoms with Crippen molar-refractivity contribution in [1.82, 2.24) is 9.30 Å². The average molecular weight is 351 g/mol. The molecule has 0 fully saturated rings. The number of rotatable bonds is 7. The van der Waals surface area contributed by atoms with Gasteiger partial charge in [-0.15, -0.1) is 0 Å². The molecule has 0 spiro atoms. The van der Waals surface area contributed by atoms with E-state index in [4.69, 9.17) is 14.7 Å². The van der Waals surface area contributed by atoms with Crippen molar-refractivity contribution in [2.24, 2.45) is 0 Å². The Labute approximate surface area is 152 Å². The molecule has 0 unspecified atom stereocenters. The van der Waals surface area contributed by atoms with Crippen LogP contribution >= 0.6 is 0 Å². The van der Waals surface area contributed by atoms with Crippen LogP contribution in [0.15, 0.2) is 42.6 Å². The van der Waals surface area contributed by atoms with Gasteiger partial charge >= 0.3 is 5.97 Å². The summed E-state index contributed by atoms with van der Waals surface area (Å²) in [5.74, 6) is 0.265. The first-order chi connectivity index (χ1) is 12.6. The Hall–Kier alpha value is -3.04. The van der Waals surface area contributed by atoms with E-state index in [-0.39, 0.29) is 12.6 Å². The lowest BCUT2D eigenvalue weighted by Crippen LogP contribution is -2.16. The zero-order valence-electron chi connectivity index (χ0n) is 14.9. The zero-order valence-corrected chi connectivity index (χ0v) is 14.9. The van der Waals surface area contributed by atoms with Crippen LogP contribution in [0.2, 0.25) is 0 Å². The lowest BCUT2D eigenvalue weighted by molar-refractivity contribution is 0.0498. The minimum Gasteiger partial charge on any atom is -0.479 e. The van der Waals surface area contributed by atoms with Crippen LogP contribution in [-0.4, -0.2) is 49.1 Å². The van der Waals surface area contributed by atoms with Crippen LogP contribution in [0.5, 0.6) is 5.75 Å². The van der Waals surface area contributed by atoms with Gasteiger partial charge < -0.3 is 18.8 Å². The molecule has 26 heavy (non-hydrogen) atoms. The first kappa shape index (κ1) is 17.8. The Kier molecular flexibility index (Phi) is 5.40. The Balaban J connectivity index is 1.95. The molecule has 6 heteroatoms. The fourth-order valence-electron chi connectivity index (χ4n) is 2.95. The van der Waals surface area contributed by atoms with Crippen LogP contribution in [-0.2, 0) is 4.74 Å². The van der Waals surface area contributed by atoms with E-state index in [0.717, 1.165) is 29.4 Å². The Morgan fingerprint density at radius 2 is 2.08 bits per heavy atom. The number of fused-ring (bicyclic) bond motifs is 3. The number of carbonyl (C=O) groups is 1. The smallest absolute Gasteiger partial charge is 0.340 e. The molecule has 3 rings (SSSR count). The normalized spacial score (nSPS) is 11.0. The predicted octanol–water partition coefficient (Wildman–Crippen LogP) is 3.10. The molecule has 6 nitrogen and oxygen atoms in total. The summed E-state index contributed by atoms with van der Waals surface area (Å²) in [5, 5.41) is 9.49. The second kappa shape index (κ2) is 7.89. The summed E-state index contributed by atoms with van der Waals surface area (Å²) in [6, 6.07) is 13.1. The summed E-state index contributed by atoms with van der Waals surface area (Å²) in [6.07, 6.45) is 2.68. The summed E-state index contributed by atoms with van der Waals surface area (Å²) in [7, 11) is 3.98. The Bertz CT molecular complexity index is 969. The van der Waals surface area contributed by atoms with Crippen molar-refractivity contribution in [1.29, 1.82) is 5.26 Å². The maximum atomic E-state index is 12.7. The van der Waals surface area contributed by atoms with Crippen LogP contribution in [0.4, 0.5) is 0 Å². The monoisotopic (exact) mass is 351 g/mol. The number of esters is 1. The molecular formula is C20H21N3O3. The molecule has 134 valence electrons. The highest BCUT2D eigenvalue weighted by molar-refractivity contribution is 6.11. The Morgan fingerprint density at radius 1 is 1.23 bits per heavy atom. The fraction of sp³-hybridized carbons (Fsp3) is 0.300. The maximum absolute atomic E-state index is 12.7. The van der Waals surface area contributed by atoms with Crippen LogP contribution in [0.1, 0.15) is 16.8 Å². The summed E-state index contributed by atoms with van der Waals surface area (Å²) in [4.78, 5) is 14.8. The highest BCUT2D eigenvalue weighted by Crippen LogP contribution is 2.30. The van der Waals surface area contributed by atoms with Crippen LogP contribution in [0.3, 0.4) is 0 Å². The van der Waals surface area contributed by atoms with Gasteiger partial charge in [-0.1, -0.05) is 6.07 Å². The molecule has 0 saturated carbocycles. The predicted molar refractivity (Wildman–Crippen MR) is 99.5 cm³/mol. The molecule has 0 aliphatic rings. The first-order valence-electron chi connectivity index (χ1n) is 8.46. The molecule has 0 amide bonds. The second-order valence-corrected chi connectivity index (χ2v) is 6.25. The minimum absolute atomic E-state index is 0.0183. The number of pyridine rings is 1. The van der Waals surface area contributed by atoms with Gasteiger partial charge in [0.1, 0.15) is 11.8 Å². The number of aromatic nitrogens is 1. The van der Waals surface area contributed by atoms with Gasteiger partial charge in [-0.05, 0) is 44.8 Å². The van der Waals surface area contributed by atoms with Gasteiger partial charge in [-0.2, -0.15) is 5.26 Å². The van der Waals surface area contributed by atoms with E-state index in [1.165, 1.54) is 0 Å². The molecule has 0 N–H and O–H groups in total. The van der Waals surface area contributed by atoms with Gasteiger partial charge in [0.25, 0.3) is 0 Å². The third-order valence-corrected chi connectivity index (χ3v) is 4.10. The van der Waals surface area contributed by atoms with Crippen molar-refractivity contribution < 1.29 is 14.3 Å². The molecule has 1 aromatic carbocycles.